The van der Waals surface area contributed by atoms with E-state index < -0.39 is 10.7 Å². The molecule has 0 saturated heterocycles. The van der Waals surface area contributed by atoms with E-state index in [1.807, 2.05) is 30.3 Å². The third-order valence-corrected chi connectivity index (χ3v) is 4.57. The minimum absolute atomic E-state index is 0.338. The minimum atomic E-state index is -1.81. The molecular formula is C15H11NO2S2. The molecule has 0 bridgehead atoms. The molecule has 3 nitrogen and oxygen atoms in total. The Morgan fingerprint density at radius 1 is 1.10 bits per heavy atom. The second kappa shape index (κ2) is 5.01. The molecule has 20 heavy (non-hydrogen) atoms. The van der Waals surface area contributed by atoms with Crippen LogP contribution in [0.25, 0.3) is 10.2 Å². The molecule has 0 amide bonds. The number of hydrogen-bond donors (Lipinski definition) is 2. The van der Waals surface area contributed by atoms with E-state index in [9.17, 15) is 9.90 Å². The average Bonchev–Trinajstić information content (AvgIpc) is 2.91. The van der Waals surface area contributed by atoms with Gasteiger partial charge in [0.1, 0.15) is 5.01 Å². The first-order chi connectivity index (χ1) is 9.62. The number of carbonyl (C=O) groups is 1. The highest BCUT2D eigenvalue weighted by atomic mass is 32.1. The summed E-state index contributed by atoms with van der Waals surface area (Å²) in [5, 5.41) is 10.6. The zero-order valence-corrected chi connectivity index (χ0v) is 12.1. The fraction of sp³-hybridized carbons (Fsp3) is 0.0667. The van der Waals surface area contributed by atoms with Crippen molar-refractivity contribution in [3.05, 3.63) is 65.2 Å². The highest BCUT2D eigenvalue weighted by Crippen LogP contribution is 2.36. The van der Waals surface area contributed by atoms with Crippen LogP contribution < -0.4 is 0 Å². The zero-order chi connectivity index (χ0) is 14.2. The van der Waals surface area contributed by atoms with Crippen LogP contribution in [0.2, 0.25) is 0 Å². The Hall–Kier alpha value is -1.69. The Morgan fingerprint density at radius 2 is 1.75 bits per heavy atom. The van der Waals surface area contributed by atoms with Crippen molar-refractivity contribution in [2.24, 2.45) is 0 Å². The third-order valence-electron chi connectivity index (χ3n) is 3.10. The van der Waals surface area contributed by atoms with E-state index in [2.05, 4.69) is 17.6 Å². The molecule has 1 heterocycles. The summed E-state index contributed by atoms with van der Waals surface area (Å²) in [5.41, 5.74) is -0.580. The molecule has 2 aromatic carbocycles. The van der Waals surface area contributed by atoms with Crippen molar-refractivity contribution in [2.75, 3.05) is 0 Å². The molecule has 0 aliphatic rings. The molecule has 0 aliphatic heterocycles. The smallest absolute Gasteiger partial charge is 0.229 e. The van der Waals surface area contributed by atoms with Gasteiger partial charge in [-0.3, -0.25) is 4.79 Å². The van der Waals surface area contributed by atoms with Crippen LogP contribution in [0.1, 0.15) is 10.6 Å². The highest BCUT2D eigenvalue weighted by Gasteiger charge is 2.40. The Kier molecular flexibility index (Phi) is 3.33. The second-order valence-corrected chi connectivity index (χ2v) is 5.81. The predicted octanol–water partition coefficient (Wildman–Crippen LogP) is 2.99. The van der Waals surface area contributed by atoms with Crippen molar-refractivity contribution in [3.8, 4) is 0 Å². The van der Waals surface area contributed by atoms with Crippen LogP contribution in [-0.4, -0.2) is 15.2 Å². The Labute approximate surface area is 125 Å². The van der Waals surface area contributed by atoms with Crippen LogP contribution >= 0.6 is 24.0 Å². The van der Waals surface area contributed by atoms with E-state index >= 15 is 0 Å². The number of fused-ring (bicyclic) bond motifs is 1. The summed E-state index contributed by atoms with van der Waals surface area (Å²) in [4.78, 5) is 16.3. The van der Waals surface area contributed by atoms with Crippen molar-refractivity contribution < 1.29 is 9.90 Å². The molecule has 100 valence electrons. The summed E-state index contributed by atoms with van der Waals surface area (Å²) in [6.45, 7) is 0. The lowest BCUT2D eigenvalue weighted by molar-refractivity contribution is -0.124. The molecule has 1 unspecified atom stereocenters. The fourth-order valence-electron chi connectivity index (χ4n) is 2.04. The Bertz CT molecular complexity index is 737. The predicted molar refractivity (Wildman–Crippen MR) is 83.1 cm³/mol. The van der Waals surface area contributed by atoms with E-state index in [1.54, 1.807) is 24.3 Å². The van der Waals surface area contributed by atoms with E-state index in [0.29, 0.717) is 10.6 Å². The monoisotopic (exact) mass is 301 g/mol. The average molecular weight is 301 g/mol. The molecule has 0 saturated carbocycles. The van der Waals surface area contributed by atoms with E-state index in [1.165, 1.54) is 11.3 Å². The highest BCUT2D eigenvalue weighted by molar-refractivity contribution is 7.96. The van der Waals surface area contributed by atoms with E-state index in [4.69, 9.17) is 0 Å². The molecule has 3 rings (SSSR count). The van der Waals surface area contributed by atoms with E-state index in [-0.39, 0.29) is 0 Å². The first-order valence-corrected chi connectivity index (χ1v) is 7.26. The Morgan fingerprint density at radius 3 is 2.40 bits per heavy atom. The third kappa shape index (κ3) is 2.04. The molecule has 0 aliphatic carbocycles. The van der Waals surface area contributed by atoms with Gasteiger partial charge in [0, 0.05) is 0 Å². The number of nitrogens with zero attached hydrogens (tertiary/aromatic N) is 1. The van der Waals surface area contributed by atoms with Crippen molar-refractivity contribution in [3.63, 3.8) is 0 Å². The van der Waals surface area contributed by atoms with Gasteiger partial charge in [0.05, 0.1) is 10.2 Å². The van der Waals surface area contributed by atoms with Crippen molar-refractivity contribution in [1.82, 2.24) is 4.98 Å². The number of benzene rings is 2. The summed E-state index contributed by atoms with van der Waals surface area (Å²) in [6, 6.07) is 16.3. The maximum atomic E-state index is 11.9. The van der Waals surface area contributed by atoms with Gasteiger partial charge in [-0.2, -0.15) is 0 Å². The number of thiazole rings is 1. The molecule has 0 radical (unpaired) electrons. The molecule has 0 spiro atoms. The maximum absolute atomic E-state index is 11.9. The SMILES string of the molecule is O=C(S)C(O)(c1ccccc1)c1nc2ccccc2s1. The standard InChI is InChI=1S/C15H11NO2S2/c17-14(19)15(18,10-6-2-1-3-7-10)13-16-11-8-4-5-9-12(11)20-13/h1-9,18H,(H,17,19). The van der Waals surface area contributed by atoms with Gasteiger partial charge in [-0.05, 0) is 17.7 Å². The van der Waals surface area contributed by atoms with Crippen LogP contribution in [-0.2, 0) is 10.4 Å². The number of rotatable bonds is 3. The fourth-order valence-corrected chi connectivity index (χ4v) is 3.43. The summed E-state index contributed by atoms with van der Waals surface area (Å²) >= 11 is 5.16. The number of carbonyl (C=O) groups excluding carboxylic acids is 1. The van der Waals surface area contributed by atoms with Gasteiger partial charge in [-0.25, -0.2) is 4.98 Å². The van der Waals surface area contributed by atoms with Gasteiger partial charge < -0.3 is 5.11 Å². The molecule has 1 aromatic heterocycles. The lowest BCUT2D eigenvalue weighted by Gasteiger charge is -2.22. The maximum Gasteiger partial charge on any atom is 0.229 e. The van der Waals surface area contributed by atoms with Crippen LogP contribution in [0, 0.1) is 0 Å². The van der Waals surface area contributed by atoms with Crippen LogP contribution in [0.4, 0.5) is 0 Å². The summed E-state index contributed by atoms with van der Waals surface area (Å²) in [5.74, 6) is 0. The number of thiol groups is 1. The van der Waals surface area contributed by atoms with Gasteiger partial charge in [0.25, 0.3) is 0 Å². The largest absolute Gasteiger partial charge is 0.371 e. The lowest BCUT2D eigenvalue weighted by Crippen LogP contribution is -2.33. The molecule has 5 heteroatoms. The van der Waals surface area contributed by atoms with Crippen molar-refractivity contribution >= 4 is 39.3 Å². The van der Waals surface area contributed by atoms with Gasteiger partial charge in [0.15, 0.2) is 0 Å². The summed E-state index contributed by atoms with van der Waals surface area (Å²) < 4.78 is 0.923. The molecule has 1 atom stereocenters. The molecule has 3 aromatic rings. The summed E-state index contributed by atoms with van der Waals surface area (Å²) in [7, 11) is 0. The Balaban J connectivity index is 2.23. The van der Waals surface area contributed by atoms with Crippen LogP contribution in [0.3, 0.4) is 0 Å². The first-order valence-electron chi connectivity index (χ1n) is 5.99. The second-order valence-electron chi connectivity index (χ2n) is 4.37. The van der Waals surface area contributed by atoms with Crippen LogP contribution in [0.15, 0.2) is 54.6 Å². The molecule has 0 fully saturated rings. The van der Waals surface area contributed by atoms with Gasteiger partial charge in [0.2, 0.25) is 10.7 Å². The quantitative estimate of drug-likeness (QED) is 0.731. The number of aromatic nitrogens is 1. The topological polar surface area (TPSA) is 50.2 Å². The van der Waals surface area contributed by atoms with E-state index in [0.717, 1.165) is 10.2 Å². The van der Waals surface area contributed by atoms with Gasteiger partial charge >= 0.3 is 0 Å². The first kappa shape index (κ1) is 13.3. The van der Waals surface area contributed by atoms with Crippen molar-refractivity contribution in [1.29, 1.82) is 0 Å². The zero-order valence-electron chi connectivity index (χ0n) is 10.4. The van der Waals surface area contributed by atoms with Crippen molar-refractivity contribution in [2.45, 2.75) is 5.60 Å². The molecular weight excluding hydrogens is 290 g/mol. The lowest BCUT2D eigenvalue weighted by atomic mass is 9.96. The number of aliphatic hydroxyl groups is 1. The van der Waals surface area contributed by atoms with Crippen LogP contribution in [0.5, 0.6) is 0 Å². The van der Waals surface area contributed by atoms with Gasteiger partial charge in [-0.1, -0.05) is 42.5 Å². The van der Waals surface area contributed by atoms with Gasteiger partial charge in [-0.15, -0.1) is 24.0 Å². The summed E-state index contributed by atoms with van der Waals surface area (Å²) in [6.07, 6.45) is 0. The number of hydrogen-bond acceptors (Lipinski definition) is 4. The molecule has 1 N–H and O–H groups in total. The normalized spacial score (nSPS) is 14.1. The number of para-hydroxylation sites is 1. The minimum Gasteiger partial charge on any atom is -0.371 e.